The van der Waals surface area contributed by atoms with Crippen molar-refractivity contribution in [2.75, 3.05) is 0 Å². The van der Waals surface area contributed by atoms with Crippen molar-refractivity contribution >= 4 is 22.6 Å². The fourth-order valence-electron chi connectivity index (χ4n) is 3.63. The molecule has 168 valence electrons. The number of hydrogen-bond donors (Lipinski definition) is 3. The lowest BCUT2D eigenvalue weighted by Crippen LogP contribution is -2.25. The molecule has 4 aromatic rings. The van der Waals surface area contributed by atoms with E-state index >= 15 is 0 Å². The lowest BCUT2D eigenvalue weighted by Gasteiger charge is -2.16. The molecule has 0 unspecified atom stereocenters. The summed E-state index contributed by atoms with van der Waals surface area (Å²) < 4.78 is 14.9. The molecule has 0 aliphatic rings. The summed E-state index contributed by atoms with van der Waals surface area (Å²) in [7, 11) is 0. The zero-order valence-corrected chi connectivity index (χ0v) is 17.6. The SMILES string of the molecule is O=C(C[C@@H](Cc1ccc2ccccc2c1)n1cc(CNC(=O)c2cccc(F)c2)nn1)NO. The summed E-state index contributed by atoms with van der Waals surface area (Å²) in [5.41, 5.74) is 3.35. The maximum absolute atomic E-state index is 13.3. The van der Waals surface area contributed by atoms with E-state index in [1.165, 1.54) is 18.2 Å². The zero-order chi connectivity index (χ0) is 23.2. The third-order valence-electron chi connectivity index (χ3n) is 5.28. The average Bonchev–Trinajstić information content (AvgIpc) is 3.31. The van der Waals surface area contributed by atoms with Gasteiger partial charge in [-0.25, -0.2) is 14.6 Å². The van der Waals surface area contributed by atoms with Crippen molar-refractivity contribution in [3.05, 3.63) is 95.6 Å². The van der Waals surface area contributed by atoms with E-state index in [1.54, 1.807) is 16.4 Å². The Labute approximate surface area is 189 Å². The Morgan fingerprint density at radius 3 is 2.64 bits per heavy atom. The van der Waals surface area contributed by atoms with Crippen LogP contribution in [0.5, 0.6) is 0 Å². The molecule has 8 nitrogen and oxygen atoms in total. The summed E-state index contributed by atoms with van der Waals surface area (Å²) in [6.07, 6.45) is 2.11. The van der Waals surface area contributed by atoms with Crippen LogP contribution in [0.2, 0.25) is 0 Å². The zero-order valence-electron chi connectivity index (χ0n) is 17.6. The molecule has 0 bridgehead atoms. The molecule has 2 amide bonds. The molecule has 33 heavy (non-hydrogen) atoms. The Morgan fingerprint density at radius 1 is 1.03 bits per heavy atom. The minimum Gasteiger partial charge on any atom is -0.346 e. The first-order valence-corrected chi connectivity index (χ1v) is 10.4. The van der Waals surface area contributed by atoms with E-state index in [1.807, 2.05) is 36.4 Å². The van der Waals surface area contributed by atoms with Gasteiger partial charge in [0, 0.05) is 5.56 Å². The standard InChI is InChI=1S/C24H22FN5O3/c25-20-7-3-6-19(12-20)24(32)26-14-21-15-30(29-27-21)22(13-23(31)28-33)11-16-8-9-17-4-1-2-5-18(17)10-16/h1-10,12,15,22,33H,11,13-14H2,(H,26,32)(H,28,31)/t22-/m1/s1. The van der Waals surface area contributed by atoms with Crippen LogP contribution in [-0.4, -0.2) is 32.0 Å². The Balaban J connectivity index is 1.48. The number of hydrogen-bond acceptors (Lipinski definition) is 5. The number of fused-ring (bicyclic) bond motifs is 1. The van der Waals surface area contributed by atoms with Gasteiger partial charge in [0.05, 0.1) is 25.2 Å². The lowest BCUT2D eigenvalue weighted by molar-refractivity contribution is -0.130. The largest absolute Gasteiger partial charge is 0.346 e. The van der Waals surface area contributed by atoms with Gasteiger partial charge in [0.25, 0.3) is 5.91 Å². The smallest absolute Gasteiger partial charge is 0.251 e. The van der Waals surface area contributed by atoms with Gasteiger partial charge in [-0.2, -0.15) is 0 Å². The molecule has 9 heteroatoms. The monoisotopic (exact) mass is 447 g/mol. The molecule has 0 spiro atoms. The van der Waals surface area contributed by atoms with Crippen LogP contribution in [0.25, 0.3) is 10.8 Å². The minimum absolute atomic E-state index is 0.0121. The molecule has 1 atom stereocenters. The summed E-state index contributed by atoms with van der Waals surface area (Å²) in [5.74, 6) is -1.47. The summed E-state index contributed by atoms with van der Waals surface area (Å²) in [6, 6.07) is 19.0. The molecule has 3 aromatic carbocycles. The van der Waals surface area contributed by atoms with Gasteiger partial charge in [-0.1, -0.05) is 53.7 Å². The van der Waals surface area contributed by atoms with Crippen LogP contribution in [-0.2, 0) is 17.8 Å². The molecule has 0 radical (unpaired) electrons. The topological polar surface area (TPSA) is 109 Å². The molecule has 0 aliphatic heterocycles. The predicted molar refractivity (Wildman–Crippen MR) is 119 cm³/mol. The van der Waals surface area contributed by atoms with Crippen molar-refractivity contribution in [2.24, 2.45) is 0 Å². The van der Waals surface area contributed by atoms with Gasteiger partial charge in [0.2, 0.25) is 5.91 Å². The second-order valence-electron chi connectivity index (χ2n) is 7.66. The Hall–Kier alpha value is -4.11. The highest BCUT2D eigenvalue weighted by atomic mass is 19.1. The molecule has 3 N–H and O–H groups in total. The van der Waals surface area contributed by atoms with Crippen LogP contribution in [0.1, 0.15) is 34.1 Å². The number of carbonyl (C=O) groups is 2. The minimum atomic E-state index is -0.544. The number of carbonyl (C=O) groups excluding carboxylic acids is 2. The number of rotatable bonds is 8. The third-order valence-corrected chi connectivity index (χ3v) is 5.28. The van der Waals surface area contributed by atoms with E-state index in [9.17, 15) is 14.0 Å². The third kappa shape index (κ3) is 5.58. The Morgan fingerprint density at radius 2 is 1.85 bits per heavy atom. The first-order valence-electron chi connectivity index (χ1n) is 10.4. The average molecular weight is 447 g/mol. The number of halogens is 1. The number of nitrogens with one attached hydrogen (secondary N) is 2. The summed E-state index contributed by atoms with van der Waals surface area (Å²) in [4.78, 5) is 24.1. The second kappa shape index (κ2) is 10.0. The van der Waals surface area contributed by atoms with E-state index in [-0.39, 0.29) is 18.5 Å². The molecule has 0 aliphatic carbocycles. The Bertz CT molecular complexity index is 1290. The summed E-state index contributed by atoms with van der Waals surface area (Å²) in [5, 5.41) is 22.1. The first kappa shape index (κ1) is 22.1. The van der Waals surface area contributed by atoms with Gasteiger partial charge in [0.1, 0.15) is 11.5 Å². The van der Waals surface area contributed by atoms with E-state index in [0.29, 0.717) is 12.1 Å². The van der Waals surface area contributed by atoms with Crippen molar-refractivity contribution in [1.29, 1.82) is 0 Å². The van der Waals surface area contributed by atoms with Crippen LogP contribution in [0.15, 0.2) is 72.9 Å². The fraction of sp³-hybridized carbons (Fsp3) is 0.167. The predicted octanol–water partition coefficient (Wildman–Crippen LogP) is 3.18. The number of amides is 2. The van der Waals surface area contributed by atoms with Gasteiger partial charge < -0.3 is 5.32 Å². The number of nitrogens with zero attached hydrogens (tertiary/aromatic N) is 3. The maximum atomic E-state index is 13.3. The number of aromatic nitrogens is 3. The van der Waals surface area contributed by atoms with Crippen molar-refractivity contribution in [1.82, 2.24) is 25.8 Å². The summed E-state index contributed by atoms with van der Waals surface area (Å²) >= 11 is 0. The van der Waals surface area contributed by atoms with Crippen LogP contribution < -0.4 is 10.8 Å². The molecule has 0 saturated heterocycles. The fourth-order valence-corrected chi connectivity index (χ4v) is 3.63. The molecule has 1 aromatic heterocycles. The molecule has 4 rings (SSSR count). The van der Waals surface area contributed by atoms with E-state index in [2.05, 4.69) is 21.7 Å². The molecule has 1 heterocycles. The van der Waals surface area contributed by atoms with Gasteiger partial charge in [-0.15, -0.1) is 5.10 Å². The Kier molecular flexibility index (Phi) is 6.70. The van der Waals surface area contributed by atoms with Crippen molar-refractivity contribution in [3.8, 4) is 0 Å². The summed E-state index contributed by atoms with van der Waals surface area (Å²) in [6.45, 7) is 0.0875. The van der Waals surface area contributed by atoms with Gasteiger partial charge in [0.15, 0.2) is 0 Å². The van der Waals surface area contributed by atoms with Crippen LogP contribution >= 0.6 is 0 Å². The number of hydroxylamine groups is 1. The van der Waals surface area contributed by atoms with Crippen LogP contribution in [0, 0.1) is 5.82 Å². The highest BCUT2D eigenvalue weighted by Crippen LogP contribution is 2.22. The van der Waals surface area contributed by atoms with E-state index in [0.717, 1.165) is 22.4 Å². The van der Waals surface area contributed by atoms with Crippen molar-refractivity contribution in [3.63, 3.8) is 0 Å². The first-order chi connectivity index (χ1) is 16.0. The number of benzene rings is 3. The maximum Gasteiger partial charge on any atom is 0.251 e. The van der Waals surface area contributed by atoms with Gasteiger partial charge in [-0.05, 0) is 41.0 Å². The molecule has 0 fully saturated rings. The van der Waals surface area contributed by atoms with Crippen LogP contribution in [0.4, 0.5) is 4.39 Å². The van der Waals surface area contributed by atoms with E-state index in [4.69, 9.17) is 5.21 Å². The van der Waals surface area contributed by atoms with Crippen LogP contribution in [0.3, 0.4) is 0 Å². The molecular weight excluding hydrogens is 425 g/mol. The molecular formula is C24H22FN5O3. The van der Waals surface area contributed by atoms with E-state index < -0.39 is 23.7 Å². The van der Waals surface area contributed by atoms with Gasteiger partial charge in [-0.3, -0.25) is 14.8 Å². The normalized spacial score (nSPS) is 11.8. The lowest BCUT2D eigenvalue weighted by atomic mass is 10.00. The quantitative estimate of drug-likeness (QED) is 0.284. The highest BCUT2D eigenvalue weighted by molar-refractivity contribution is 5.94. The highest BCUT2D eigenvalue weighted by Gasteiger charge is 2.19. The van der Waals surface area contributed by atoms with Crippen molar-refractivity contribution in [2.45, 2.75) is 25.4 Å². The molecule has 0 saturated carbocycles. The van der Waals surface area contributed by atoms with Gasteiger partial charge >= 0.3 is 0 Å². The van der Waals surface area contributed by atoms with Crippen molar-refractivity contribution < 1.29 is 19.2 Å². The second-order valence-corrected chi connectivity index (χ2v) is 7.66.